The lowest BCUT2D eigenvalue weighted by atomic mass is 10.0. The number of hydrazone groups is 1. The fourth-order valence-electron chi connectivity index (χ4n) is 3.16. The lowest BCUT2D eigenvalue weighted by Gasteiger charge is -2.09. The second-order valence-corrected chi connectivity index (χ2v) is 6.68. The van der Waals surface area contributed by atoms with Crippen LogP contribution >= 0.6 is 0 Å². The number of aromatic nitrogens is 1. The number of phenols is 1. The molecule has 6 nitrogen and oxygen atoms in total. The van der Waals surface area contributed by atoms with Gasteiger partial charge in [0, 0.05) is 16.5 Å². The van der Waals surface area contributed by atoms with Gasteiger partial charge in [-0.3, -0.25) is 4.79 Å². The molecule has 1 amide bonds. The van der Waals surface area contributed by atoms with Crippen LogP contribution in [0.25, 0.3) is 22.2 Å². The third-order valence-corrected chi connectivity index (χ3v) is 4.72. The summed E-state index contributed by atoms with van der Waals surface area (Å²) in [5.41, 5.74) is 5.10. The molecule has 4 rings (SSSR count). The van der Waals surface area contributed by atoms with Crippen LogP contribution in [0, 0.1) is 5.82 Å². The average molecular weight is 415 g/mol. The summed E-state index contributed by atoms with van der Waals surface area (Å²) in [5, 5.41) is 14.8. The highest BCUT2D eigenvalue weighted by Crippen LogP contribution is 2.28. The minimum atomic E-state index is -0.444. The van der Waals surface area contributed by atoms with E-state index in [2.05, 4.69) is 15.5 Å². The average Bonchev–Trinajstić information content (AvgIpc) is 2.80. The Kier molecular flexibility index (Phi) is 5.57. The van der Waals surface area contributed by atoms with Gasteiger partial charge in [0.05, 0.1) is 30.1 Å². The first-order chi connectivity index (χ1) is 15.1. The SMILES string of the molecule is COc1cccc(C=NNC(=O)c2cc(-c3ccc(F)cc3)nc3ccccc23)c1O. The molecule has 0 bridgehead atoms. The molecule has 0 saturated carbocycles. The number of pyridine rings is 1. The van der Waals surface area contributed by atoms with Crippen molar-refractivity contribution in [1.29, 1.82) is 0 Å². The quantitative estimate of drug-likeness (QED) is 0.371. The number of carbonyl (C=O) groups is 1. The minimum absolute atomic E-state index is 0.0732. The van der Waals surface area contributed by atoms with Crippen LogP contribution in [0.15, 0.2) is 77.9 Å². The number of nitrogens with one attached hydrogen (secondary N) is 1. The molecule has 0 aliphatic rings. The molecular formula is C24H18FN3O3. The molecule has 0 spiro atoms. The number of methoxy groups -OCH3 is 1. The van der Waals surface area contributed by atoms with Gasteiger partial charge in [-0.25, -0.2) is 14.8 Å². The molecule has 0 aliphatic heterocycles. The highest BCUT2D eigenvalue weighted by molar-refractivity contribution is 6.07. The highest BCUT2D eigenvalue weighted by Gasteiger charge is 2.14. The molecule has 0 radical (unpaired) electrons. The third kappa shape index (κ3) is 4.20. The molecule has 0 atom stereocenters. The zero-order chi connectivity index (χ0) is 21.8. The topological polar surface area (TPSA) is 83.8 Å². The van der Waals surface area contributed by atoms with Gasteiger partial charge < -0.3 is 9.84 Å². The number of rotatable bonds is 5. The molecule has 0 saturated heterocycles. The van der Waals surface area contributed by atoms with Gasteiger partial charge in [-0.05, 0) is 48.5 Å². The van der Waals surface area contributed by atoms with Gasteiger partial charge in [-0.1, -0.05) is 24.3 Å². The number of fused-ring (bicyclic) bond motifs is 1. The number of benzene rings is 3. The van der Waals surface area contributed by atoms with Crippen LogP contribution in [0.1, 0.15) is 15.9 Å². The van der Waals surface area contributed by atoms with Gasteiger partial charge in [0.1, 0.15) is 5.82 Å². The number of carbonyl (C=O) groups excluding carboxylic acids is 1. The molecule has 7 heteroatoms. The van der Waals surface area contributed by atoms with E-state index in [9.17, 15) is 14.3 Å². The maximum atomic E-state index is 13.3. The Morgan fingerprint density at radius 3 is 2.65 bits per heavy atom. The predicted octanol–water partition coefficient (Wildman–Crippen LogP) is 4.52. The second kappa shape index (κ2) is 8.62. The van der Waals surface area contributed by atoms with Crippen LogP contribution in [0.5, 0.6) is 11.5 Å². The molecule has 0 aliphatic carbocycles. The van der Waals surface area contributed by atoms with E-state index in [-0.39, 0.29) is 11.6 Å². The number of hydrogen-bond acceptors (Lipinski definition) is 5. The molecule has 154 valence electrons. The molecule has 2 N–H and O–H groups in total. The van der Waals surface area contributed by atoms with Gasteiger partial charge in [0.2, 0.25) is 0 Å². The second-order valence-electron chi connectivity index (χ2n) is 6.68. The fraction of sp³-hybridized carbons (Fsp3) is 0.0417. The van der Waals surface area contributed by atoms with Crippen LogP contribution in [0.2, 0.25) is 0 Å². The smallest absolute Gasteiger partial charge is 0.272 e. The molecule has 1 aromatic heterocycles. The van der Waals surface area contributed by atoms with E-state index in [0.717, 1.165) is 0 Å². The number of phenolic OH excluding ortho intramolecular Hbond substituents is 1. The number of aromatic hydroxyl groups is 1. The minimum Gasteiger partial charge on any atom is -0.504 e. The van der Waals surface area contributed by atoms with Crippen molar-refractivity contribution in [3.63, 3.8) is 0 Å². The number of para-hydroxylation sites is 2. The Hall–Kier alpha value is -4.26. The summed E-state index contributed by atoms with van der Waals surface area (Å²) in [6.45, 7) is 0. The number of amides is 1. The summed E-state index contributed by atoms with van der Waals surface area (Å²) in [7, 11) is 1.45. The molecule has 31 heavy (non-hydrogen) atoms. The number of ether oxygens (including phenoxy) is 1. The van der Waals surface area contributed by atoms with Crippen LogP contribution in [-0.4, -0.2) is 29.3 Å². The van der Waals surface area contributed by atoms with Crippen molar-refractivity contribution in [2.24, 2.45) is 5.10 Å². The first kappa shape index (κ1) is 20.0. The molecule has 4 aromatic rings. The van der Waals surface area contributed by atoms with Crippen molar-refractivity contribution in [1.82, 2.24) is 10.4 Å². The van der Waals surface area contributed by atoms with E-state index >= 15 is 0 Å². The number of halogens is 1. The third-order valence-electron chi connectivity index (χ3n) is 4.72. The summed E-state index contributed by atoms with van der Waals surface area (Å²) >= 11 is 0. The Bertz CT molecular complexity index is 1290. The van der Waals surface area contributed by atoms with Gasteiger partial charge in [0.15, 0.2) is 11.5 Å². The maximum absolute atomic E-state index is 13.3. The van der Waals surface area contributed by atoms with Crippen molar-refractivity contribution in [2.45, 2.75) is 0 Å². The van der Waals surface area contributed by atoms with E-state index in [0.29, 0.717) is 39.0 Å². The maximum Gasteiger partial charge on any atom is 0.272 e. The predicted molar refractivity (Wildman–Crippen MR) is 117 cm³/mol. The summed E-state index contributed by atoms with van der Waals surface area (Å²) in [6, 6.07) is 19.7. The summed E-state index contributed by atoms with van der Waals surface area (Å²) in [6.07, 6.45) is 1.33. The van der Waals surface area contributed by atoms with E-state index in [1.165, 1.54) is 25.5 Å². The van der Waals surface area contributed by atoms with Crippen LogP contribution in [0.4, 0.5) is 4.39 Å². The summed E-state index contributed by atoms with van der Waals surface area (Å²) in [4.78, 5) is 17.5. The molecular weight excluding hydrogens is 397 g/mol. The Morgan fingerprint density at radius 2 is 1.87 bits per heavy atom. The van der Waals surface area contributed by atoms with Crippen molar-refractivity contribution in [3.05, 3.63) is 89.7 Å². The van der Waals surface area contributed by atoms with E-state index in [4.69, 9.17) is 4.74 Å². The van der Waals surface area contributed by atoms with Gasteiger partial charge in [-0.2, -0.15) is 5.10 Å². The standard InChI is InChI=1S/C24H18FN3O3/c1-31-22-8-4-5-16(23(22)29)14-26-28-24(30)19-13-21(15-9-11-17(25)12-10-15)27-20-7-3-2-6-18(19)20/h2-14,29H,1H3,(H,28,30). The van der Waals surface area contributed by atoms with Crippen molar-refractivity contribution >= 4 is 23.0 Å². The number of nitrogens with zero attached hydrogens (tertiary/aromatic N) is 2. The fourth-order valence-corrected chi connectivity index (χ4v) is 3.16. The summed E-state index contributed by atoms with van der Waals surface area (Å²) in [5.74, 6) is -0.562. The van der Waals surface area contributed by atoms with Gasteiger partial charge in [-0.15, -0.1) is 0 Å². The van der Waals surface area contributed by atoms with E-state index in [1.807, 2.05) is 12.1 Å². The normalized spacial score (nSPS) is 11.0. The Labute approximate surface area is 177 Å². The largest absolute Gasteiger partial charge is 0.504 e. The van der Waals surface area contributed by atoms with Crippen LogP contribution in [0.3, 0.4) is 0 Å². The molecule has 3 aromatic carbocycles. The van der Waals surface area contributed by atoms with E-state index < -0.39 is 5.91 Å². The first-order valence-corrected chi connectivity index (χ1v) is 9.42. The summed E-state index contributed by atoms with van der Waals surface area (Å²) < 4.78 is 18.4. The molecule has 1 heterocycles. The van der Waals surface area contributed by atoms with Crippen molar-refractivity contribution in [3.8, 4) is 22.8 Å². The Morgan fingerprint density at radius 1 is 1.10 bits per heavy atom. The zero-order valence-corrected chi connectivity index (χ0v) is 16.5. The molecule has 0 fully saturated rings. The van der Waals surface area contributed by atoms with Crippen LogP contribution < -0.4 is 10.2 Å². The monoisotopic (exact) mass is 415 g/mol. The molecule has 0 unspecified atom stereocenters. The van der Waals surface area contributed by atoms with Crippen LogP contribution in [-0.2, 0) is 0 Å². The Balaban J connectivity index is 1.66. The van der Waals surface area contributed by atoms with Gasteiger partial charge in [0.25, 0.3) is 5.91 Å². The first-order valence-electron chi connectivity index (χ1n) is 9.42. The lowest BCUT2D eigenvalue weighted by Crippen LogP contribution is -2.18. The lowest BCUT2D eigenvalue weighted by molar-refractivity contribution is 0.0956. The van der Waals surface area contributed by atoms with Gasteiger partial charge >= 0.3 is 0 Å². The number of hydrogen-bond donors (Lipinski definition) is 2. The zero-order valence-electron chi connectivity index (χ0n) is 16.5. The van der Waals surface area contributed by atoms with E-state index in [1.54, 1.807) is 48.5 Å². The highest BCUT2D eigenvalue weighted by atomic mass is 19.1. The van der Waals surface area contributed by atoms with Crippen molar-refractivity contribution < 1.29 is 19.0 Å². The van der Waals surface area contributed by atoms with Crippen molar-refractivity contribution in [2.75, 3.05) is 7.11 Å².